The van der Waals surface area contributed by atoms with Gasteiger partial charge in [0.05, 0.1) is 35.2 Å². The van der Waals surface area contributed by atoms with Crippen LogP contribution in [0.2, 0.25) is 5.02 Å². The molecule has 0 spiro atoms. The summed E-state index contributed by atoms with van der Waals surface area (Å²) in [6, 6.07) is 14.3. The van der Waals surface area contributed by atoms with Gasteiger partial charge < -0.3 is 14.3 Å². The van der Waals surface area contributed by atoms with E-state index in [1.165, 1.54) is 35.7 Å². The SMILES string of the molecule is COc1cccc(C2C(C(=O)c3ccco3)=C(O)C(=O)N2c2nc3ccc(Cl)cc3s2)c1. The Morgan fingerprint density at radius 2 is 2.06 bits per heavy atom. The van der Waals surface area contributed by atoms with Crippen LogP contribution in [0.5, 0.6) is 5.75 Å². The van der Waals surface area contributed by atoms with Crippen LogP contribution in [0.25, 0.3) is 10.2 Å². The zero-order valence-corrected chi connectivity index (χ0v) is 18.2. The maximum atomic E-state index is 13.2. The molecule has 9 heteroatoms. The number of amides is 1. The first kappa shape index (κ1) is 20.3. The molecule has 1 unspecified atom stereocenters. The molecule has 1 atom stereocenters. The molecule has 1 N–H and O–H groups in total. The number of methoxy groups -OCH3 is 1. The van der Waals surface area contributed by atoms with Gasteiger partial charge in [-0.15, -0.1) is 0 Å². The molecule has 1 amide bonds. The van der Waals surface area contributed by atoms with Crippen LogP contribution in [0, 0.1) is 0 Å². The molecule has 0 saturated carbocycles. The van der Waals surface area contributed by atoms with Gasteiger partial charge in [-0.2, -0.15) is 0 Å². The number of nitrogens with zero attached hydrogens (tertiary/aromatic N) is 2. The average Bonchev–Trinajstić information content (AvgIpc) is 3.52. The van der Waals surface area contributed by atoms with Crippen molar-refractivity contribution in [3.63, 3.8) is 0 Å². The van der Waals surface area contributed by atoms with Crippen molar-refractivity contribution in [2.45, 2.75) is 6.04 Å². The monoisotopic (exact) mass is 466 g/mol. The van der Waals surface area contributed by atoms with Crippen LogP contribution in [0.15, 0.2) is 76.6 Å². The third kappa shape index (κ3) is 3.24. The van der Waals surface area contributed by atoms with Crippen molar-refractivity contribution < 1.29 is 23.8 Å². The van der Waals surface area contributed by atoms with E-state index in [1.807, 2.05) is 0 Å². The Kier molecular flexibility index (Phi) is 4.96. The Hall–Kier alpha value is -3.62. The number of Topliss-reactive ketones (excluding diaryl/α,β-unsaturated/α-hetero) is 1. The van der Waals surface area contributed by atoms with E-state index in [0.717, 1.165) is 4.70 Å². The molecule has 3 heterocycles. The fourth-order valence-electron chi connectivity index (χ4n) is 3.69. The van der Waals surface area contributed by atoms with Crippen molar-refractivity contribution in [1.82, 2.24) is 4.98 Å². The van der Waals surface area contributed by atoms with Crippen molar-refractivity contribution in [2.75, 3.05) is 12.0 Å². The molecule has 2 aromatic carbocycles. The molecule has 0 radical (unpaired) electrons. The van der Waals surface area contributed by atoms with Gasteiger partial charge in [0.25, 0.3) is 5.91 Å². The topological polar surface area (TPSA) is 92.9 Å². The van der Waals surface area contributed by atoms with Crippen LogP contribution < -0.4 is 9.64 Å². The second kappa shape index (κ2) is 7.81. The summed E-state index contributed by atoms with van der Waals surface area (Å²) in [4.78, 5) is 32.3. The highest BCUT2D eigenvalue weighted by molar-refractivity contribution is 7.22. The van der Waals surface area contributed by atoms with E-state index in [0.29, 0.717) is 27.0 Å². The molecule has 32 heavy (non-hydrogen) atoms. The Balaban J connectivity index is 1.69. The predicted octanol–water partition coefficient (Wildman–Crippen LogP) is 5.33. The number of benzene rings is 2. The lowest BCUT2D eigenvalue weighted by Gasteiger charge is -2.24. The van der Waals surface area contributed by atoms with E-state index < -0.39 is 23.5 Å². The maximum absolute atomic E-state index is 13.2. The van der Waals surface area contributed by atoms with Crippen molar-refractivity contribution in [1.29, 1.82) is 0 Å². The molecular formula is C23H15ClN2O5S. The lowest BCUT2D eigenvalue weighted by atomic mass is 9.95. The number of thiazole rings is 1. The van der Waals surface area contributed by atoms with Gasteiger partial charge in [-0.05, 0) is 48.0 Å². The second-order valence-electron chi connectivity index (χ2n) is 7.03. The predicted molar refractivity (Wildman–Crippen MR) is 121 cm³/mol. The summed E-state index contributed by atoms with van der Waals surface area (Å²) in [5, 5.41) is 11.7. The van der Waals surface area contributed by atoms with Crippen molar-refractivity contribution >= 4 is 50.0 Å². The number of halogens is 1. The van der Waals surface area contributed by atoms with Gasteiger partial charge in [0.2, 0.25) is 5.78 Å². The Morgan fingerprint density at radius 1 is 1.22 bits per heavy atom. The zero-order valence-electron chi connectivity index (χ0n) is 16.6. The minimum Gasteiger partial charge on any atom is -0.503 e. The van der Waals surface area contributed by atoms with E-state index in [1.54, 1.807) is 48.5 Å². The number of hydrogen-bond donors (Lipinski definition) is 1. The van der Waals surface area contributed by atoms with Gasteiger partial charge in [-0.25, -0.2) is 4.98 Å². The number of fused-ring (bicyclic) bond motifs is 1. The molecule has 4 aromatic rings. The molecule has 0 saturated heterocycles. The van der Waals surface area contributed by atoms with E-state index in [4.69, 9.17) is 20.8 Å². The third-order valence-corrected chi connectivity index (χ3v) is 6.41. The van der Waals surface area contributed by atoms with Crippen LogP contribution in [-0.2, 0) is 4.79 Å². The van der Waals surface area contributed by atoms with Crippen LogP contribution >= 0.6 is 22.9 Å². The molecule has 5 rings (SSSR count). The number of carbonyl (C=O) groups is 2. The highest BCUT2D eigenvalue weighted by Gasteiger charge is 2.46. The van der Waals surface area contributed by atoms with Gasteiger partial charge in [-0.3, -0.25) is 14.5 Å². The average molecular weight is 467 g/mol. The van der Waals surface area contributed by atoms with Crippen LogP contribution in [0.1, 0.15) is 22.2 Å². The fourth-order valence-corrected chi connectivity index (χ4v) is 4.96. The van der Waals surface area contributed by atoms with Crippen LogP contribution in [0.4, 0.5) is 5.13 Å². The minimum absolute atomic E-state index is 0.0187. The quantitative estimate of drug-likeness (QED) is 0.399. The number of furan rings is 1. The fraction of sp³-hybridized carbons (Fsp3) is 0.0870. The molecule has 0 bridgehead atoms. The molecule has 0 aliphatic carbocycles. The van der Waals surface area contributed by atoms with E-state index in [2.05, 4.69) is 4.98 Å². The normalized spacial score (nSPS) is 16.2. The van der Waals surface area contributed by atoms with Crippen molar-refractivity contribution in [2.24, 2.45) is 0 Å². The van der Waals surface area contributed by atoms with Crippen molar-refractivity contribution in [3.8, 4) is 5.75 Å². The Labute approximate surface area is 191 Å². The number of ketones is 1. The molecule has 0 fully saturated rings. The van der Waals surface area contributed by atoms with Crippen LogP contribution in [-0.4, -0.2) is 28.9 Å². The van der Waals surface area contributed by atoms with Crippen molar-refractivity contribution in [3.05, 3.63) is 88.5 Å². The minimum atomic E-state index is -0.925. The molecule has 7 nitrogen and oxygen atoms in total. The lowest BCUT2D eigenvalue weighted by Crippen LogP contribution is -2.31. The smallest absolute Gasteiger partial charge is 0.296 e. The number of rotatable bonds is 5. The summed E-state index contributed by atoms with van der Waals surface area (Å²) in [6.45, 7) is 0. The highest BCUT2D eigenvalue weighted by Crippen LogP contribution is 2.44. The number of hydrogen-bond acceptors (Lipinski definition) is 7. The molecule has 1 aliphatic rings. The molecule has 2 aromatic heterocycles. The summed E-state index contributed by atoms with van der Waals surface area (Å²) < 4.78 is 11.3. The summed E-state index contributed by atoms with van der Waals surface area (Å²) in [5.41, 5.74) is 1.14. The van der Waals surface area contributed by atoms with E-state index in [9.17, 15) is 14.7 Å². The number of ether oxygens (including phenoxy) is 1. The molecule has 160 valence electrons. The summed E-state index contributed by atoms with van der Waals surface area (Å²) in [6.07, 6.45) is 1.36. The molecular weight excluding hydrogens is 452 g/mol. The lowest BCUT2D eigenvalue weighted by molar-refractivity contribution is -0.117. The first-order valence-electron chi connectivity index (χ1n) is 9.53. The number of carbonyl (C=O) groups excluding carboxylic acids is 2. The number of aromatic nitrogens is 1. The third-order valence-electron chi connectivity index (χ3n) is 5.15. The van der Waals surface area contributed by atoms with Gasteiger partial charge >= 0.3 is 0 Å². The van der Waals surface area contributed by atoms with Gasteiger partial charge in [-0.1, -0.05) is 35.1 Å². The molecule has 1 aliphatic heterocycles. The van der Waals surface area contributed by atoms with E-state index >= 15 is 0 Å². The second-order valence-corrected chi connectivity index (χ2v) is 8.48. The first-order valence-corrected chi connectivity index (χ1v) is 10.7. The summed E-state index contributed by atoms with van der Waals surface area (Å²) in [5.74, 6) is -1.39. The Morgan fingerprint density at radius 3 is 2.81 bits per heavy atom. The van der Waals surface area contributed by atoms with E-state index in [-0.39, 0.29) is 11.3 Å². The number of aliphatic hydroxyl groups excluding tert-OH is 1. The maximum Gasteiger partial charge on any atom is 0.296 e. The van der Waals surface area contributed by atoms with Gasteiger partial charge in [0.15, 0.2) is 16.7 Å². The largest absolute Gasteiger partial charge is 0.503 e. The summed E-state index contributed by atoms with van der Waals surface area (Å²) in [7, 11) is 1.52. The van der Waals surface area contributed by atoms with Crippen LogP contribution in [0.3, 0.4) is 0 Å². The summed E-state index contributed by atoms with van der Waals surface area (Å²) >= 11 is 7.34. The Bertz CT molecular complexity index is 1390. The zero-order chi connectivity index (χ0) is 22.4. The first-order chi connectivity index (χ1) is 15.5. The highest BCUT2D eigenvalue weighted by atomic mass is 35.5. The number of anilines is 1. The van der Waals surface area contributed by atoms with Gasteiger partial charge in [0.1, 0.15) is 5.75 Å². The van der Waals surface area contributed by atoms with Gasteiger partial charge in [0, 0.05) is 5.02 Å². The standard InChI is InChI=1S/C23H15ClN2O5S/c1-30-14-5-2-4-12(10-14)19-18(20(27)16-6-3-9-31-16)21(28)22(29)26(19)23-25-15-8-7-13(24)11-17(15)32-23/h2-11,19,28H,1H3. The number of aliphatic hydroxyl groups is 1.